The zero-order valence-corrected chi connectivity index (χ0v) is 10.5. The van der Waals surface area contributed by atoms with Gasteiger partial charge in [0.05, 0.1) is 11.2 Å². The van der Waals surface area contributed by atoms with Crippen molar-refractivity contribution in [3.63, 3.8) is 0 Å². The monoisotopic (exact) mass is 236 g/mol. The van der Waals surface area contributed by atoms with Gasteiger partial charge in [0.1, 0.15) is 0 Å². The van der Waals surface area contributed by atoms with E-state index in [1.807, 2.05) is 27.7 Å². The van der Waals surface area contributed by atoms with Gasteiger partial charge in [0.25, 0.3) is 0 Å². The summed E-state index contributed by atoms with van der Waals surface area (Å²) in [5, 5.41) is 18.7. The third-order valence-electron chi connectivity index (χ3n) is 3.52. The summed E-state index contributed by atoms with van der Waals surface area (Å²) in [7, 11) is -0.522. The lowest BCUT2D eigenvalue weighted by atomic mass is 9.79. The average molecular weight is 236 g/mol. The molecule has 0 bridgehead atoms. The summed E-state index contributed by atoms with van der Waals surface area (Å²) in [4.78, 5) is 0. The van der Waals surface area contributed by atoms with Crippen LogP contribution in [0.3, 0.4) is 0 Å². The molecule has 1 heterocycles. The first-order chi connectivity index (χ1) is 7.73. The maximum atomic E-state index is 9.46. The molecule has 1 saturated heterocycles. The van der Waals surface area contributed by atoms with Crippen molar-refractivity contribution in [1.82, 2.24) is 0 Å². The highest BCUT2D eigenvalue weighted by Crippen LogP contribution is 2.36. The van der Waals surface area contributed by atoms with Crippen LogP contribution >= 0.6 is 0 Å². The maximum Gasteiger partial charge on any atom is 0.494 e. The minimum absolute atomic E-state index is 0.148. The molecule has 0 aliphatic carbocycles. The first kappa shape index (κ1) is 12.3. The van der Waals surface area contributed by atoms with E-state index < -0.39 is 18.3 Å². The quantitative estimate of drug-likeness (QED) is 0.571. The Balaban J connectivity index is 2.29. The maximum absolute atomic E-state index is 9.46. The first-order valence-corrected chi connectivity index (χ1v) is 5.60. The smallest absolute Gasteiger partial charge is 0.494 e. The summed E-state index contributed by atoms with van der Waals surface area (Å²) in [6.45, 7) is 7.86. The summed E-state index contributed by atoms with van der Waals surface area (Å²) in [5.74, 6) is -0.317. The topological polar surface area (TPSA) is 58.9 Å². The molecule has 0 radical (unpaired) electrons. The highest BCUT2D eigenvalue weighted by molar-refractivity contribution is 6.62. The van der Waals surface area contributed by atoms with Gasteiger partial charge < -0.3 is 19.5 Å². The molecular weight excluding hydrogens is 219 g/mol. The largest absolute Gasteiger partial charge is 0.504 e. The Morgan fingerprint density at radius 1 is 0.941 bits per heavy atom. The number of hydrogen-bond donors (Lipinski definition) is 2. The second-order valence-electron chi connectivity index (χ2n) is 5.34. The predicted molar refractivity (Wildman–Crippen MR) is 65.5 cm³/mol. The Hall–Kier alpha value is -1.20. The van der Waals surface area contributed by atoms with Gasteiger partial charge in [-0.15, -0.1) is 0 Å². The van der Waals surface area contributed by atoms with Gasteiger partial charge in [-0.2, -0.15) is 0 Å². The number of aromatic hydroxyl groups is 2. The fraction of sp³-hybridized carbons (Fsp3) is 0.500. The summed E-state index contributed by atoms with van der Waals surface area (Å²) in [6, 6.07) is 4.56. The van der Waals surface area contributed by atoms with Crippen LogP contribution in [-0.4, -0.2) is 28.5 Å². The van der Waals surface area contributed by atoms with E-state index in [0.29, 0.717) is 5.46 Å². The van der Waals surface area contributed by atoms with Crippen molar-refractivity contribution in [1.29, 1.82) is 0 Å². The number of hydrogen-bond acceptors (Lipinski definition) is 4. The molecule has 1 fully saturated rings. The van der Waals surface area contributed by atoms with Crippen LogP contribution in [0, 0.1) is 0 Å². The van der Waals surface area contributed by atoms with Crippen LogP contribution in [0.5, 0.6) is 11.5 Å². The van der Waals surface area contributed by atoms with E-state index in [1.165, 1.54) is 12.1 Å². The van der Waals surface area contributed by atoms with Gasteiger partial charge in [0.2, 0.25) is 0 Å². The molecule has 92 valence electrons. The molecule has 17 heavy (non-hydrogen) atoms. The van der Waals surface area contributed by atoms with Gasteiger partial charge in [0, 0.05) is 0 Å². The van der Waals surface area contributed by atoms with Crippen molar-refractivity contribution >= 4 is 12.6 Å². The Kier molecular flexibility index (Phi) is 2.63. The molecule has 4 nitrogen and oxygen atoms in total. The van der Waals surface area contributed by atoms with Crippen LogP contribution in [0.2, 0.25) is 0 Å². The van der Waals surface area contributed by atoms with Crippen molar-refractivity contribution < 1.29 is 19.5 Å². The lowest BCUT2D eigenvalue weighted by Crippen LogP contribution is -2.41. The highest BCUT2D eigenvalue weighted by Gasteiger charge is 2.51. The highest BCUT2D eigenvalue weighted by atomic mass is 16.7. The van der Waals surface area contributed by atoms with Gasteiger partial charge in [-0.3, -0.25) is 0 Å². The van der Waals surface area contributed by atoms with Crippen LogP contribution in [0.15, 0.2) is 18.2 Å². The normalized spacial score (nSPS) is 21.8. The second kappa shape index (κ2) is 3.65. The lowest BCUT2D eigenvalue weighted by molar-refractivity contribution is 0.00578. The van der Waals surface area contributed by atoms with E-state index in [2.05, 4.69) is 0 Å². The number of rotatable bonds is 1. The molecule has 1 aliphatic rings. The van der Waals surface area contributed by atoms with Crippen molar-refractivity contribution in [3.8, 4) is 11.5 Å². The van der Waals surface area contributed by atoms with Gasteiger partial charge in [-0.05, 0) is 45.3 Å². The van der Waals surface area contributed by atoms with Gasteiger partial charge >= 0.3 is 7.12 Å². The second-order valence-corrected chi connectivity index (χ2v) is 5.34. The predicted octanol–water partition coefficient (Wildman–Crippen LogP) is 1.40. The lowest BCUT2D eigenvalue weighted by Gasteiger charge is -2.32. The van der Waals surface area contributed by atoms with Gasteiger partial charge in [0.15, 0.2) is 11.5 Å². The molecule has 0 atom stereocenters. The Bertz CT molecular complexity index is 426. The van der Waals surface area contributed by atoms with Crippen LogP contribution in [-0.2, 0) is 9.31 Å². The summed E-state index contributed by atoms with van der Waals surface area (Å²) >= 11 is 0. The average Bonchev–Trinajstić information content (AvgIpc) is 2.41. The molecule has 0 saturated carbocycles. The molecule has 0 spiro atoms. The van der Waals surface area contributed by atoms with E-state index in [4.69, 9.17) is 9.31 Å². The van der Waals surface area contributed by atoms with Crippen LogP contribution < -0.4 is 5.46 Å². The standard InChI is InChI=1S/C12H17BO4/c1-11(2)12(3,4)17-13(16-11)8-5-6-9(14)10(15)7-8/h5-7,14-15H,1-4H3. The molecule has 1 aromatic rings. The summed E-state index contributed by atoms with van der Waals surface area (Å²) in [6.07, 6.45) is 0. The van der Waals surface area contributed by atoms with Crippen molar-refractivity contribution in [2.75, 3.05) is 0 Å². The van der Waals surface area contributed by atoms with Crippen molar-refractivity contribution in [3.05, 3.63) is 18.2 Å². The van der Waals surface area contributed by atoms with E-state index in [0.717, 1.165) is 0 Å². The minimum Gasteiger partial charge on any atom is -0.504 e. The summed E-state index contributed by atoms with van der Waals surface area (Å²) < 4.78 is 11.7. The van der Waals surface area contributed by atoms with Crippen LogP contribution in [0.1, 0.15) is 27.7 Å². The molecular formula is C12H17BO4. The fourth-order valence-corrected chi connectivity index (χ4v) is 1.67. The van der Waals surface area contributed by atoms with Crippen LogP contribution in [0.25, 0.3) is 0 Å². The molecule has 0 amide bonds. The number of benzene rings is 1. The molecule has 2 N–H and O–H groups in total. The SMILES string of the molecule is CC1(C)OB(c2ccc(O)c(O)c2)OC1(C)C. The molecule has 1 aromatic carbocycles. The minimum atomic E-state index is -0.522. The van der Waals surface area contributed by atoms with Crippen molar-refractivity contribution in [2.24, 2.45) is 0 Å². The molecule has 2 rings (SSSR count). The van der Waals surface area contributed by atoms with E-state index in [9.17, 15) is 10.2 Å². The number of phenols is 2. The van der Waals surface area contributed by atoms with Gasteiger partial charge in [-0.1, -0.05) is 6.07 Å². The van der Waals surface area contributed by atoms with Crippen molar-refractivity contribution in [2.45, 2.75) is 38.9 Å². The van der Waals surface area contributed by atoms with E-state index in [1.54, 1.807) is 6.07 Å². The zero-order valence-electron chi connectivity index (χ0n) is 10.5. The molecule has 1 aliphatic heterocycles. The third kappa shape index (κ3) is 2.00. The Morgan fingerprint density at radius 2 is 1.47 bits per heavy atom. The molecule has 0 aromatic heterocycles. The zero-order chi connectivity index (χ0) is 12.8. The molecule has 5 heteroatoms. The fourth-order valence-electron chi connectivity index (χ4n) is 1.67. The third-order valence-corrected chi connectivity index (χ3v) is 3.52. The Labute approximate surface area is 101 Å². The number of phenolic OH excluding ortho intramolecular Hbond substituents is 2. The molecule has 0 unspecified atom stereocenters. The Morgan fingerprint density at radius 3 is 1.94 bits per heavy atom. The van der Waals surface area contributed by atoms with E-state index in [-0.39, 0.29) is 11.5 Å². The summed E-state index contributed by atoms with van der Waals surface area (Å²) in [5.41, 5.74) is -0.130. The van der Waals surface area contributed by atoms with Gasteiger partial charge in [-0.25, -0.2) is 0 Å². The van der Waals surface area contributed by atoms with E-state index >= 15 is 0 Å². The first-order valence-electron chi connectivity index (χ1n) is 5.60. The van der Waals surface area contributed by atoms with Crippen LogP contribution in [0.4, 0.5) is 0 Å².